The predicted molar refractivity (Wildman–Crippen MR) is 140 cm³/mol. The summed E-state index contributed by atoms with van der Waals surface area (Å²) in [7, 11) is -1.27. The molecule has 2 aromatic heterocycles. The molecule has 182 valence electrons. The first kappa shape index (κ1) is 24.5. The van der Waals surface area contributed by atoms with Crippen molar-refractivity contribution in [1.82, 2.24) is 9.55 Å². The molecule has 0 fully saturated rings. The second kappa shape index (κ2) is 9.93. The number of hydrogen-bond donors (Lipinski definition) is 2. The summed E-state index contributed by atoms with van der Waals surface area (Å²) in [5.74, 6) is 0.0775. The highest BCUT2D eigenvalue weighted by Crippen LogP contribution is 2.39. The van der Waals surface area contributed by atoms with Crippen molar-refractivity contribution < 1.29 is 19.4 Å². The van der Waals surface area contributed by atoms with Crippen molar-refractivity contribution in [3.8, 4) is 22.8 Å². The molecule has 0 amide bonds. The number of para-hydroxylation sites is 2. The van der Waals surface area contributed by atoms with Gasteiger partial charge in [-0.25, -0.2) is 4.79 Å². The third-order valence-electron chi connectivity index (χ3n) is 5.89. The molecule has 2 aromatic carbocycles. The van der Waals surface area contributed by atoms with Gasteiger partial charge in [-0.05, 0) is 43.3 Å². The Bertz CT molecular complexity index is 1420. The van der Waals surface area contributed by atoms with Gasteiger partial charge in [0.05, 0.1) is 11.1 Å². The van der Waals surface area contributed by atoms with Gasteiger partial charge in [-0.15, -0.1) is 0 Å². The molecule has 0 saturated carbocycles. The number of benzene rings is 2. The number of aromatic nitrogens is 2. The number of aromatic carboxylic acids is 1. The van der Waals surface area contributed by atoms with Crippen molar-refractivity contribution in [2.45, 2.75) is 39.3 Å². The average molecular weight is 491 g/mol. The number of hydrogen-bond acceptors (Lipinski definition) is 4. The molecule has 4 aromatic rings. The smallest absolute Gasteiger partial charge is 0.352 e. The third-order valence-corrected chi connectivity index (χ3v) is 7.59. The zero-order valence-corrected chi connectivity index (χ0v) is 21.4. The van der Waals surface area contributed by atoms with Gasteiger partial charge in [0.25, 0.3) is 5.56 Å². The van der Waals surface area contributed by atoms with E-state index >= 15 is 0 Å². The van der Waals surface area contributed by atoms with E-state index in [2.05, 4.69) is 24.6 Å². The lowest BCUT2D eigenvalue weighted by Crippen LogP contribution is -2.22. The summed E-state index contributed by atoms with van der Waals surface area (Å²) >= 11 is 0. The Hall–Kier alpha value is -3.62. The minimum absolute atomic E-state index is 0.165. The number of rotatable bonds is 9. The molecule has 0 radical (unpaired) electrons. The van der Waals surface area contributed by atoms with Crippen LogP contribution in [0.5, 0.6) is 11.5 Å². The zero-order valence-electron chi connectivity index (χ0n) is 20.4. The number of aromatic amines is 1. The molecule has 7 nitrogen and oxygen atoms in total. The normalized spacial score (nSPS) is 11.7. The van der Waals surface area contributed by atoms with Gasteiger partial charge in [-0.2, -0.15) is 0 Å². The number of pyridine rings is 1. The fourth-order valence-electron chi connectivity index (χ4n) is 4.02. The van der Waals surface area contributed by atoms with Crippen molar-refractivity contribution >= 4 is 24.8 Å². The van der Waals surface area contributed by atoms with Crippen LogP contribution in [-0.2, 0) is 11.5 Å². The fraction of sp³-hybridized carbons (Fsp3) is 0.259. The molecule has 0 spiro atoms. The molecular formula is C27H30N2O5Si. The van der Waals surface area contributed by atoms with Gasteiger partial charge in [-0.3, -0.25) is 4.79 Å². The van der Waals surface area contributed by atoms with Gasteiger partial charge in [-0.1, -0.05) is 50.0 Å². The zero-order chi connectivity index (χ0) is 25.2. The summed E-state index contributed by atoms with van der Waals surface area (Å²) in [6, 6.07) is 19.5. The first-order valence-electron chi connectivity index (χ1n) is 11.5. The summed E-state index contributed by atoms with van der Waals surface area (Å²) in [5.41, 5.74) is 1.52. The lowest BCUT2D eigenvalue weighted by molar-refractivity contribution is 0.0690. The Morgan fingerprint density at radius 2 is 1.74 bits per heavy atom. The summed E-state index contributed by atoms with van der Waals surface area (Å²) < 4.78 is 14.2. The topological polar surface area (TPSA) is 93.5 Å². The molecule has 4 rings (SSSR count). The number of carbonyl (C=O) groups is 1. The molecule has 35 heavy (non-hydrogen) atoms. The number of carboxylic acids is 1. The molecule has 0 atom stereocenters. The van der Waals surface area contributed by atoms with Crippen LogP contribution in [0.2, 0.25) is 25.7 Å². The molecular weight excluding hydrogens is 460 g/mol. The quantitative estimate of drug-likeness (QED) is 0.218. The van der Waals surface area contributed by atoms with E-state index in [0.717, 1.165) is 11.6 Å². The van der Waals surface area contributed by atoms with Crippen LogP contribution in [0.15, 0.2) is 65.5 Å². The number of fused-ring (bicyclic) bond motifs is 1. The first-order chi connectivity index (χ1) is 16.7. The highest BCUT2D eigenvalue weighted by molar-refractivity contribution is 6.76. The minimum atomic E-state index is -1.27. The number of nitrogens with one attached hydrogen (secondary N) is 1. The monoisotopic (exact) mass is 490 g/mol. The Morgan fingerprint density at radius 3 is 2.43 bits per heavy atom. The van der Waals surface area contributed by atoms with E-state index in [0.29, 0.717) is 40.3 Å². The number of ether oxygens (including phenoxy) is 2. The van der Waals surface area contributed by atoms with Gasteiger partial charge in [0.15, 0.2) is 0 Å². The Morgan fingerprint density at radius 1 is 1.06 bits per heavy atom. The average Bonchev–Trinajstić information content (AvgIpc) is 3.09. The second-order valence-corrected chi connectivity index (χ2v) is 15.3. The SMILES string of the molecule is Cc1c2c(=O)[nH]c(C(=O)O)cc2c(-c2ccccc2Oc2ccccc2)n1COCC[Si](C)(C)C. The highest BCUT2D eigenvalue weighted by atomic mass is 28.3. The molecule has 0 unspecified atom stereocenters. The van der Waals surface area contributed by atoms with Crippen molar-refractivity contribution in [3.05, 3.63) is 82.4 Å². The lowest BCUT2D eigenvalue weighted by atomic mass is 10.1. The van der Waals surface area contributed by atoms with Crippen LogP contribution < -0.4 is 10.3 Å². The first-order valence-corrected chi connectivity index (χ1v) is 15.3. The largest absolute Gasteiger partial charge is 0.477 e. The summed E-state index contributed by atoms with van der Waals surface area (Å²) in [5, 5.41) is 10.6. The highest BCUT2D eigenvalue weighted by Gasteiger charge is 2.23. The molecule has 0 aliphatic rings. The summed E-state index contributed by atoms with van der Waals surface area (Å²) in [6.07, 6.45) is 0. The van der Waals surface area contributed by atoms with E-state index in [1.54, 1.807) is 0 Å². The Kier molecular flexibility index (Phi) is 6.95. The van der Waals surface area contributed by atoms with Crippen LogP contribution in [0.4, 0.5) is 0 Å². The van der Waals surface area contributed by atoms with Crippen LogP contribution in [0.25, 0.3) is 22.0 Å². The molecule has 8 heteroatoms. The van der Waals surface area contributed by atoms with E-state index in [9.17, 15) is 14.7 Å². The van der Waals surface area contributed by atoms with Gasteiger partial charge < -0.3 is 24.1 Å². The summed E-state index contributed by atoms with van der Waals surface area (Å²) in [4.78, 5) is 27.2. The maximum atomic E-state index is 13.0. The van der Waals surface area contributed by atoms with Crippen LogP contribution >= 0.6 is 0 Å². The van der Waals surface area contributed by atoms with Crippen molar-refractivity contribution in [3.63, 3.8) is 0 Å². The second-order valence-electron chi connectivity index (χ2n) is 9.73. The molecule has 2 heterocycles. The molecule has 0 aliphatic carbocycles. The van der Waals surface area contributed by atoms with E-state index in [1.807, 2.05) is 66.1 Å². The number of carboxylic acid groups (broad SMARTS) is 1. The van der Waals surface area contributed by atoms with Gasteiger partial charge in [0.2, 0.25) is 0 Å². The standard InChI is InChI=1S/C27H30N2O5Si/c1-18-24-21(16-22(27(31)32)28-26(24)30)25(29(18)17-33-14-15-35(2,3)4)20-12-8-9-13-23(20)34-19-10-6-5-7-11-19/h5-13,16H,14-15,17H2,1-4H3,(H,28,30)(H,31,32). The van der Waals surface area contributed by atoms with Crippen LogP contribution in [0.1, 0.15) is 16.2 Å². The van der Waals surface area contributed by atoms with Crippen molar-refractivity contribution in [2.24, 2.45) is 0 Å². The number of H-pyrrole nitrogens is 1. The van der Waals surface area contributed by atoms with Crippen LogP contribution in [0.3, 0.4) is 0 Å². The van der Waals surface area contributed by atoms with Crippen molar-refractivity contribution in [2.75, 3.05) is 6.61 Å². The summed E-state index contributed by atoms with van der Waals surface area (Å²) in [6.45, 7) is 9.58. The van der Waals surface area contributed by atoms with Crippen LogP contribution in [0, 0.1) is 6.92 Å². The minimum Gasteiger partial charge on any atom is -0.477 e. The molecule has 2 N–H and O–H groups in total. The maximum Gasteiger partial charge on any atom is 0.352 e. The fourth-order valence-corrected chi connectivity index (χ4v) is 4.78. The lowest BCUT2D eigenvalue weighted by Gasteiger charge is -2.18. The third kappa shape index (κ3) is 5.39. The molecule has 0 bridgehead atoms. The Labute approximate surface area is 205 Å². The van der Waals surface area contributed by atoms with Gasteiger partial charge in [0.1, 0.15) is 23.9 Å². The van der Waals surface area contributed by atoms with E-state index in [4.69, 9.17) is 9.47 Å². The number of aryl methyl sites for hydroxylation is 1. The Balaban J connectivity index is 1.88. The molecule has 0 saturated heterocycles. The van der Waals surface area contributed by atoms with Crippen molar-refractivity contribution in [1.29, 1.82) is 0 Å². The maximum absolute atomic E-state index is 13.0. The van der Waals surface area contributed by atoms with Gasteiger partial charge >= 0.3 is 5.97 Å². The van der Waals surface area contributed by atoms with E-state index < -0.39 is 19.6 Å². The van der Waals surface area contributed by atoms with E-state index in [-0.39, 0.29) is 12.4 Å². The van der Waals surface area contributed by atoms with Gasteiger partial charge in [0, 0.05) is 31.3 Å². The van der Waals surface area contributed by atoms with Crippen LogP contribution in [-0.4, -0.2) is 35.3 Å². The number of nitrogens with zero attached hydrogens (tertiary/aromatic N) is 1. The predicted octanol–water partition coefficient (Wildman–Crippen LogP) is 6.11. The molecule has 0 aliphatic heterocycles. The van der Waals surface area contributed by atoms with E-state index in [1.165, 1.54) is 6.07 Å².